The zero-order valence-corrected chi connectivity index (χ0v) is 12.4. The predicted molar refractivity (Wildman–Crippen MR) is 81.8 cm³/mol. The summed E-state index contributed by atoms with van der Waals surface area (Å²) in [5, 5.41) is 3.64. The summed E-state index contributed by atoms with van der Waals surface area (Å²) in [6.07, 6.45) is 6.61. The monoisotopic (exact) mass is 272 g/mol. The van der Waals surface area contributed by atoms with Gasteiger partial charge < -0.3 is 9.72 Å². The fourth-order valence-electron chi connectivity index (χ4n) is 3.07. The van der Waals surface area contributed by atoms with E-state index in [0.29, 0.717) is 12.1 Å². The number of pyridine rings is 1. The lowest BCUT2D eigenvalue weighted by Gasteiger charge is -2.39. The number of hydrogen-bond acceptors (Lipinski definition) is 3. The molecule has 1 fully saturated rings. The molecule has 2 atom stereocenters. The minimum atomic E-state index is 0.620. The minimum absolute atomic E-state index is 0.620. The van der Waals surface area contributed by atoms with Gasteiger partial charge in [-0.3, -0.25) is 4.90 Å². The normalized spacial score (nSPS) is 24.3. The smallest absolute Gasteiger partial charge is 0.137 e. The lowest BCUT2D eigenvalue weighted by Crippen LogP contribution is -2.55. The van der Waals surface area contributed by atoms with E-state index in [0.717, 1.165) is 25.3 Å². The van der Waals surface area contributed by atoms with E-state index in [9.17, 15) is 0 Å². The Labute approximate surface area is 120 Å². The molecular weight excluding hydrogens is 248 g/mol. The molecule has 4 heteroatoms. The SMILES string of the molecule is CCC1CN(Cc2cn3ccccc3n2)C(CC)CN1. The van der Waals surface area contributed by atoms with Gasteiger partial charge in [0.25, 0.3) is 0 Å². The van der Waals surface area contributed by atoms with E-state index in [2.05, 4.69) is 46.9 Å². The number of nitrogens with zero attached hydrogens (tertiary/aromatic N) is 3. The van der Waals surface area contributed by atoms with Crippen molar-refractivity contribution in [2.24, 2.45) is 0 Å². The summed E-state index contributed by atoms with van der Waals surface area (Å²) < 4.78 is 2.11. The van der Waals surface area contributed by atoms with Crippen LogP contribution in [0.4, 0.5) is 0 Å². The zero-order valence-electron chi connectivity index (χ0n) is 12.4. The standard InChI is InChI=1S/C16H24N4/c1-3-13-10-20(15(4-2)9-17-13)12-14-11-19-8-6-5-7-16(19)18-14/h5-8,11,13,15,17H,3-4,9-10,12H2,1-2H3. The second-order valence-electron chi connectivity index (χ2n) is 5.70. The van der Waals surface area contributed by atoms with Crippen LogP contribution in [0.5, 0.6) is 0 Å². The maximum absolute atomic E-state index is 4.73. The van der Waals surface area contributed by atoms with Crippen molar-refractivity contribution in [3.63, 3.8) is 0 Å². The highest BCUT2D eigenvalue weighted by molar-refractivity contribution is 5.39. The third kappa shape index (κ3) is 2.72. The summed E-state index contributed by atoms with van der Waals surface area (Å²) in [6.45, 7) is 7.71. The van der Waals surface area contributed by atoms with Gasteiger partial charge in [-0.25, -0.2) is 4.98 Å². The van der Waals surface area contributed by atoms with Crippen LogP contribution >= 0.6 is 0 Å². The molecule has 4 nitrogen and oxygen atoms in total. The highest BCUT2D eigenvalue weighted by atomic mass is 15.2. The van der Waals surface area contributed by atoms with Crippen molar-refractivity contribution in [3.05, 3.63) is 36.3 Å². The molecule has 0 aromatic carbocycles. The molecule has 3 rings (SSSR count). The Morgan fingerprint density at radius 1 is 1.30 bits per heavy atom. The molecule has 0 saturated carbocycles. The van der Waals surface area contributed by atoms with Crippen molar-refractivity contribution < 1.29 is 0 Å². The molecule has 2 aromatic rings. The molecule has 1 N–H and O–H groups in total. The van der Waals surface area contributed by atoms with E-state index in [-0.39, 0.29) is 0 Å². The van der Waals surface area contributed by atoms with Crippen molar-refractivity contribution in [1.29, 1.82) is 0 Å². The number of hydrogen-bond donors (Lipinski definition) is 1. The van der Waals surface area contributed by atoms with Gasteiger partial charge in [0.05, 0.1) is 5.69 Å². The van der Waals surface area contributed by atoms with Crippen molar-refractivity contribution in [1.82, 2.24) is 19.6 Å². The van der Waals surface area contributed by atoms with Crippen LogP contribution in [0.25, 0.3) is 5.65 Å². The van der Waals surface area contributed by atoms with Gasteiger partial charge in [0.1, 0.15) is 5.65 Å². The molecule has 0 spiro atoms. The second-order valence-corrected chi connectivity index (χ2v) is 5.70. The van der Waals surface area contributed by atoms with Crippen molar-refractivity contribution in [2.45, 2.75) is 45.3 Å². The van der Waals surface area contributed by atoms with Gasteiger partial charge in [-0.2, -0.15) is 0 Å². The average Bonchev–Trinajstić information content (AvgIpc) is 2.89. The van der Waals surface area contributed by atoms with E-state index in [4.69, 9.17) is 4.98 Å². The Bertz CT molecular complexity index is 529. The van der Waals surface area contributed by atoms with Gasteiger partial charge in [-0.15, -0.1) is 0 Å². The van der Waals surface area contributed by atoms with Crippen LogP contribution in [0, 0.1) is 0 Å². The quantitative estimate of drug-likeness (QED) is 0.927. The average molecular weight is 272 g/mol. The fourth-order valence-corrected chi connectivity index (χ4v) is 3.07. The summed E-state index contributed by atoms with van der Waals surface area (Å²) in [5.41, 5.74) is 2.21. The van der Waals surface area contributed by atoms with Crippen LogP contribution in [0.2, 0.25) is 0 Å². The van der Waals surface area contributed by atoms with Gasteiger partial charge in [0.2, 0.25) is 0 Å². The Morgan fingerprint density at radius 2 is 2.20 bits per heavy atom. The first-order valence-corrected chi connectivity index (χ1v) is 7.70. The summed E-state index contributed by atoms with van der Waals surface area (Å²) in [7, 11) is 0. The van der Waals surface area contributed by atoms with Gasteiger partial charge in [0, 0.05) is 44.1 Å². The maximum atomic E-state index is 4.73. The largest absolute Gasteiger partial charge is 0.311 e. The van der Waals surface area contributed by atoms with Crippen LogP contribution in [0.3, 0.4) is 0 Å². The molecule has 0 aliphatic carbocycles. The first kappa shape index (κ1) is 13.6. The molecule has 108 valence electrons. The van der Waals surface area contributed by atoms with Crippen molar-refractivity contribution in [3.8, 4) is 0 Å². The summed E-state index contributed by atoms with van der Waals surface area (Å²) >= 11 is 0. The van der Waals surface area contributed by atoms with Crippen molar-refractivity contribution in [2.75, 3.05) is 13.1 Å². The topological polar surface area (TPSA) is 32.6 Å². The minimum Gasteiger partial charge on any atom is -0.311 e. The first-order valence-electron chi connectivity index (χ1n) is 7.70. The predicted octanol–water partition coefficient (Wildman–Crippen LogP) is 2.30. The molecule has 2 aromatic heterocycles. The number of fused-ring (bicyclic) bond motifs is 1. The molecule has 20 heavy (non-hydrogen) atoms. The van der Waals surface area contributed by atoms with Crippen molar-refractivity contribution >= 4 is 5.65 Å². The number of nitrogens with one attached hydrogen (secondary N) is 1. The first-order chi connectivity index (χ1) is 9.80. The Morgan fingerprint density at radius 3 is 2.95 bits per heavy atom. The molecule has 2 unspecified atom stereocenters. The van der Waals surface area contributed by atoms with Crippen LogP contribution in [0.1, 0.15) is 32.4 Å². The molecular formula is C16H24N4. The molecule has 0 amide bonds. The van der Waals surface area contributed by atoms with Gasteiger partial charge in [0.15, 0.2) is 0 Å². The van der Waals surface area contributed by atoms with E-state index in [1.807, 2.05) is 12.1 Å². The van der Waals surface area contributed by atoms with E-state index in [1.54, 1.807) is 0 Å². The number of aromatic nitrogens is 2. The lowest BCUT2D eigenvalue weighted by atomic mass is 10.1. The maximum Gasteiger partial charge on any atom is 0.137 e. The van der Waals surface area contributed by atoms with Crippen LogP contribution < -0.4 is 5.32 Å². The summed E-state index contributed by atoms with van der Waals surface area (Å²) in [4.78, 5) is 7.32. The Hall–Kier alpha value is -1.39. The van der Waals surface area contributed by atoms with E-state index < -0.39 is 0 Å². The summed E-state index contributed by atoms with van der Waals surface area (Å²) in [5.74, 6) is 0. The van der Waals surface area contributed by atoms with Crippen LogP contribution in [-0.4, -0.2) is 39.5 Å². The molecule has 1 saturated heterocycles. The third-order valence-corrected chi connectivity index (χ3v) is 4.36. The highest BCUT2D eigenvalue weighted by Crippen LogP contribution is 2.16. The van der Waals surface area contributed by atoms with Gasteiger partial charge >= 0.3 is 0 Å². The molecule has 1 aliphatic heterocycles. The summed E-state index contributed by atoms with van der Waals surface area (Å²) in [6, 6.07) is 7.40. The fraction of sp³-hybridized carbons (Fsp3) is 0.562. The van der Waals surface area contributed by atoms with Crippen LogP contribution in [-0.2, 0) is 6.54 Å². The Kier molecular flexibility index (Phi) is 4.03. The van der Waals surface area contributed by atoms with E-state index >= 15 is 0 Å². The third-order valence-electron chi connectivity index (χ3n) is 4.36. The zero-order chi connectivity index (χ0) is 13.9. The second kappa shape index (κ2) is 5.94. The molecule has 0 radical (unpaired) electrons. The van der Waals surface area contributed by atoms with Gasteiger partial charge in [-0.1, -0.05) is 19.9 Å². The Balaban J connectivity index is 1.76. The molecule has 0 bridgehead atoms. The number of imidazole rings is 1. The van der Waals surface area contributed by atoms with Gasteiger partial charge in [-0.05, 0) is 25.0 Å². The number of rotatable bonds is 4. The van der Waals surface area contributed by atoms with Crippen LogP contribution in [0.15, 0.2) is 30.6 Å². The highest BCUT2D eigenvalue weighted by Gasteiger charge is 2.26. The van der Waals surface area contributed by atoms with E-state index in [1.165, 1.54) is 18.5 Å². The lowest BCUT2D eigenvalue weighted by molar-refractivity contribution is 0.116. The molecule has 3 heterocycles. The number of piperazine rings is 1. The molecule has 1 aliphatic rings.